The molecule has 1 aromatic carbocycles. The summed E-state index contributed by atoms with van der Waals surface area (Å²) in [6.07, 6.45) is 4.78. The second-order valence-corrected chi connectivity index (χ2v) is 5.28. The number of carbonyl (C=O) groups excluding carboxylic acids is 1. The average Bonchev–Trinajstić information content (AvgIpc) is 2.94. The van der Waals surface area contributed by atoms with E-state index in [4.69, 9.17) is 5.73 Å². The fraction of sp³-hybridized carbons (Fsp3) is 0.533. The molecule has 1 fully saturated rings. The minimum atomic E-state index is -0.405. The van der Waals surface area contributed by atoms with Gasteiger partial charge in [-0.25, -0.2) is 4.39 Å². The van der Waals surface area contributed by atoms with Crippen molar-refractivity contribution in [1.29, 1.82) is 0 Å². The summed E-state index contributed by atoms with van der Waals surface area (Å²) in [5, 5.41) is 2.69. The number of rotatable bonds is 5. The Kier molecular flexibility index (Phi) is 4.95. The van der Waals surface area contributed by atoms with E-state index in [1.54, 1.807) is 0 Å². The maximum absolute atomic E-state index is 13.2. The highest BCUT2D eigenvalue weighted by Gasteiger charge is 2.23. The maximum Gasteiger partial charge on any atom is 0.238 e. The Bertz CT molecular complexity index is 472. The number of nitrogen functional groups attached to an aromatic ring is 1. The molecule has 1 aliphatic rings. The zero-order chi connectivity index (χ0) is 14.5. The Morgan fingerprint density at radius 3 is 2.80 bits per heavy atom. The number of nitrogens with two attached hydrogens (primary N) is 1. The van der Waals surface area contributed by atoms with Gasteiger partial charge in [-0.05, 0) is 37.6 Å². The summed E-state index contributed by atoms with van der Waals surface area (Å²) < 4.78 is 13.2. The topological polar surface area (TPSA) is 58.4 Å². The van der Waals surface area contributed by atoms with Crippen LogP contribution >= 0.6 is 0 Å². The summed E-state index contributed by atoms with van der Waals surface area (Å²) in [7, 11) is 0. The second-order valence-electron chi connectivity index (χ2n) is 5.28. The Morgan fingerprint density at radius 2 is 2.15 bits per heavy atom. The molecule has 1 amide bonds. The highest BCUT2D eigenvalue weighted by Crippen LogP contribution is 2.23. The first-order valence-corrected chi connectivity index (χ1v) is 7.19. The molecule has 2 rings (SSSR count). The van der Waals surface area contributed by atoms with Crippen LogP contribution in [0.3, 0.4) is 0 Å². The highest BCUT2D eigenvalue weighted by molar-refractivity contribution is 5.95. The van der Waals surface area contributed by atoms with E-state index < -0.39 is 5.82 Å². The quantitative estimate of drug-likeness (QED) is 0.815. The molecular weight excluding hydrogens is 257 g/mol. The van der Waals surface area contributed by atoms with E-state index in [0.29, 0.717) is 24.0 Å². The van der Waals surface area contributed by atoms with Crippen molar-refractivity contribution in [2.45, 2.75) is 38.6 Å². The van der Waals surface area contributed by atoms with Crippen LogP contribution in [0.15, 0.2) is 18.2 Å². The monoisotopic (exact) mass is 279 g/mol. The van der Waals surface area contributed by atoms with Gasteiger partial charge < -0.3 is 11.1 Å². The average molecular weight is 279 g/mol. The molecule has 1 saturated carbocycles. The molecular formula is C15H22FN3O. The molecule has 5 heteroatoms. The van der Waals surface area contributed by atoms with Crippen molar-refractivity contribution in [2.75, 3.05) is 24.1 Å². The largest absolute Gasteiger partial charge is 0.397 e. The highest BCUT2D eigenvalue weighted by atomic mass is 19.1. The minimum absolute atomic E-state index is 0.143. The third kappa shape index (κ3) is 3.70. The molecule has 110 valence electrons. The van der Waals surface area contributed by atoms with E-state index in [1.807, 2.05) is 0 Å². The normalized spacial score (nSPS) is 15.8. The van der Waals surface area contributed by atoms with Crippen molar-refractivity contribution in [2.24, 2.45) is 0 Å². The lowest BCUT2D eigenvalue weighted by molar-refractivity contribution is -0.117. The number of hydrogen-bond donors (Lipinski definition) is 2. The molecule has 0 atom stereocenters. The summed E-state index contributed by atoms with van der Waals surface area (Å²) in [6, 6.07) is 4.48. The molecule has 1 aliphatic carbocycles. The third-order valence-corrected chi connectivity index (χ3v) is 3.88. The Morgan fingerprint density at radius 1 is 1.45 bits per heavy atom. The molecule has 0 radical (unpaired) electrons. The number of anilines is 2. The van der Waals surface area contributed by atoms with Gasteiger partial charge >= 0.3 is 0 Å². The molecule has 0 aromatic heterocycles. The van der Waals surface area contributed by atoms with E-state index in [2.05, 4.69) is 17.1 Å². The molecule has 0 heterocycles. The van der Waals surface area contributed by atoms with Gasteiger partial charge in [0.05, 0.1) is 17.9 Å². The van der Waals surface area contributed by atoms with Crippen LogP contribution in [-0.2, 0) is 4.79 Å². The van der Waals surface area contributed by atoms with E-state index in [1.165, 1.54) is 31.0 Å². The van der Waals surface area contributed by atoms with Crippen LogP contribution < -0.4 is 11.1 Å². The third-order valence-electron chi connectivity index (χ3n) is 3.88. The maximum atomic E-state index is 13.2. The van der Waals surface area contributed by atoms with Gasteiger partial charge in [0.25, 0.3) is 0 Å². The van der Waals surface area contributed by atoms with Crippen LogP contribution in [0.1, 0.15) is 32.6 Å². The first kappa shape index (κ1) is 14.8. The van der Waals surface area contributed by atoms with Crippen molar-refractivity contribution in [3.8, 4) is 0 Å². The van der Waals surface area contributed by atoms with Gasteiger partial charge in [0.15, 0.2) is 0 Å². The van der Waals surface area contributed by atoms with E-state index in [0.717, 1.165) is 19.4 Å². The zero-order valence-electron chi connectivity index (χ0n) is 11.9. The van der Waals surface area contributed by atoms with Crippen LogP contribution in [0, 0.1) is 5.82 Å². The number of nitrogens with zero attached hydrogens (tertiary/aromatic N) is 1. The molecule has 3 N–H and O–H groups in total. The number of nitrogens with one attached hydrogen (secondary N) is 1. The van der Waals surface area contributed by atoms with Crippen molar-refractivity contribution >= 4 is 17.3 Å². The summed E-state index contributed by atoms with van der Waals surface area (Å²) in [4.78, 5) is 14.2. The van der Waals surface area contributed by atoms with Crippen molar-refractivity contribution in [3.05, 3.63) is 24.0 Å². The molecule has 0 unspecified atom stereocenters. The van der Waals surface area contributed by atoms with Crippen LogP contribution in [0.2, 0.25) is 0 Å². The van der Waals surface area contributed by atoms with Crippen molar-refractivity contribution in [3.63, 3.8) is 0 Å². The van der Waals surface area contributed by atoms with Crippen LogP contribution in [0.5, 0.6) is 0 Å². The summed E-state index contributed by atoms with van der Waals surface area (Å²) in [6.45, 7) is 3.23. The van der Waals surface area contributed by atoms with Crippen LogP contribution in [-0.4, -0.2) is 29.9 Å². The minimum Gasteiger partial charge on any atom is -0.397 e. The van der Waals surface area contributed by atoms with Crippen LogP contribution in [0.25, 0.3) is 0 Å². The molecule has 0 aliphatic heterocycles. The van der Waals surface area contributed by atoms with Crippen molar-refractivity contribution < 1.29 is 9.18 Å². The number of likely N-dealkylation sites (N-methyl/N-ethyl adjacent to an activating group) is 1. The molecule has 4 nitrogen and oxygen atoms in total. The standard InChI is InChI=1S/C15H22FN3O/c1-2-19(12-5-3-4-6-12)10-15(20)18-14-9-11(16)7-8-13(14)17/h7-9,12H,2-6,10,17H2,1H3,(H,18,20). The number of benzene rings is 1. The fourth-order valence-electron chi connectivity index (χ4n) is 2.78. The van der Waals surface area contributed by atoms with E-state index in [-0.39, 0.29) is 5.91 Å². The Labute approximate surface area is 119 Å². The molecule has 0 bridgehead atoms. The second kappa shape index (κ2) is 6.70. The van der Waals surface area contributed by atoms with Gasteiger partial charge in [0.2, 0.25) is 5.91 Å². The van der Waals surface area contributed by atoms with Gasteiger partial charge in [-0.2, -0.15) is 0 Å². The molecule has 0 saturated heterocycles. The van der Waals surface area contributed by atoms with Crippen LogP contribution in [0.4, 0.5) is 15.8 Å². The number of carbonyl (C=O) groups is 1. The smallest absolute Gasteiger partial charge is 0.238 e. The molecule has 20 heavy (non-hydrogen) atoms. The number of halogens is 1. The van der Waals surface area contributed by atoms with Crippen molar-refractivity contribution in [1.82, 2.24) is 4.90 Å². The Balaban J connectivity index is 1.95. The number of hydrogen-bond acceptors (Lipinski definition) is 3. The van der Waals surface area contributed by atoms with Gasteiger partial charge in [0.1, 0.15) is 5.82 Å². The lowest BCUT2D eigenvalue weighted by Crippen LogP contribution is -2.39. The van der Waals surface area contributed by atoms with Gasteiger partial charge in [0, 0.05) is 6.04 Å². The predicted molar refractivity (Wildman–Crippen MR) is 78.9 cm³/mol. The summed E-state index contributed by atoms with van der Waals surface area (Å²) in [5.74, 6) is -0.548. The van der Waals surface area contributed by atoms with Gasteiger partial charge in [-0.15, -0.1) is 0 Å². The summed E-state index contributed by atoms with van der Waals surface area (Å²) in [5.41, 5.74) is 6.45. The number of amides is 1. The predicted octanol–water partition coefficient (Wildman–Crippen LogP) is 2.61. The Hall–Kier alpha value is -1.62. The fourth-order valence-corrected chi connectivity index (χ4v) is 2.78. The van der Waals surface area contributed by atoms with Gasteiger partial charge in [-0.3, -0.25) is 9.69 Å². The van der Waals surface area contributed by atoms with E-state index in [9.17, 15) is 9.18 Å². The zero-order valence-corrected chi connectivity index (χ0v) is 11.9. The summed E-state index contributed by atoms with van der Waals surface area (Å²) >= 11 is 0. The lowest BCUT2D eigenvalue weighted by atomic mass is 10.2. The first-order chi connectivity index (χ1) is 9.60. The van der Waals surface area contributed by atoms with E-state index >= 15 is 0 Å². The van der Waals surface area contributed by atoms with Gasteiger partial charge in [-0.1, -0.05) is 19.8 Å². The first-order valence-electron chi connectivity index (χ1n) is 7.19. The molecule has 0 spiro atoms. The lowest BCUT2D eigenvalue weighted by Gasteiger charge is -2.26. The molecule has 1 aromatic rings. The SMILES string of the molecule is CCN(CC(=O)Nc1cc(F)ccc1N)C1CCCC1.